The smallest absolute Gasteiger partial charge is 0.460 e. The highest BCUT2D eigenvalue weighted by atomic mass is 28.4. The fourth-order valence-electron chi connectivity index (χ4n) is 2.15. The molecule has 0 bridgehead atoms. The number of esters is 1. The largest absolute Gasteiger partial charge is 0.501 e. The minimum absolute atomic E-state index is 0.140. The van der Waals surface area contributed by atoms with Crippen LogP contribution in [0.4, 0.5) is 4.79 Å². The van der Waals surface area contributed by atoms with Crippen LogP contribution in [0.2, 0.25) is 6.04 Å². The third-order valence-electron chi connectivity index (χ3n) is 3.28. The van der Waals surface area contributed by atoms with E-state index in [0.29, 0.717) is 44.4 Å². The first-order chi connectivity index (χ1) is 13.4. The first-order valence-corrected chi connectivity index (χ1v) is 11.6. The van der Waals surface area contributed by atoms with Gasteiger partial charge in [-0.25, -0.2) is 9.59 Å². The van der Waals surface area contributed by atoms with Crippen molar-refractivity contribution in [2.24, 2.45) is 0 Å². The summed E-state index contributed by atoms with van der Waals surface area (Å²) in [5, 5.41) is 2.58. The van der Waals surface area contributed by atoms with Crippen LogP contribution in [0.5, 0.6) is 0 Å². The monoisotopic (exact) mass is 421 g/mol. The van der Waals surface area contributed by atoms with Gasteiger partial charge in [-0.2, -0.15) is 0 Å². The highest BCUT2D eigenvalue weighted by Gasteiger charge is 2.39. The van der Waals surface area contributed by atoms with E-state index in [1.54, 1.807) is 6.92 Å². The number of hydrogen-bond acceptors (Lipinski definition) is 8. The van der Waals surface area contributed by atoms with Crippen LogP contribution in [-0.2, 0) is 32.3 Å². The molecule has 10 heteroatoms. The maximum absolute atomic E-state index is 11.6. The molecule has 164 valence electrons. The van der Waals surface area contributed by atoms with E-state index >= 15 is 0 Å². The van der Waals surface area contributed by atoms with Gasteiger partial charge in [0.1, 0.15) is 6.61 Å². The van der Waals surface area contributed by atoms with Gasteiger partial charge in [-0.15, -0.1) is 0 Å². The zero-order valence-electron chi connectivity index (χ0n) is 17.5. The highest BCUT2D eigenvalue weighted by molar-refractivity contribution is 6.60. The molecule has 1 amide bonds. The van der Waals surface area contributed by atoms with Crippen molar-refractivity contribution in [3.8, 4) is 0 Å². The second-order valence-electron chi connectivity index (χ2n) is 5.68. The summed E-state index contributed by atoms with van der Waals surface area (Å²) in [5.41, 5.74) is 0.341. The summed E-state index contributed by atoms with van der Waals surface area (Å²) in [4.78, 5) is 22.8. The predicted molar refractivity (Wildman–Crippen MR) is 106 cm³/mol. The molecular formula is C18H35NO8Si. The molecule has 0 unspecified atom stereocenters. The van der Waals surface area contributed by atoms with Crippen molar-refractivity contribution in [2.45, 2.75) is 40.2 Å². The van der Waals surface area contributed by atoms with Gasteiger partial charge >= 0.3 is 20.9 Å². The first kappa shape index (κ1) is 26.5. The standard InChI is InChI=1S/C18H35NO8Si/c1-6-25-28(26-7-2,27-8-3)15-9-11-24-18(21)19-10-12-22-13-14-23-17(20)16(4)5/h4,6-15H2,1-3,5H3,(H,19,21). The average molecular weight is 422 g/mol. The van der Waals surface area contributed by atoms with Gasteiger partial charge < -0.3 is 32.8 Å². The lowest BCUT2D eigenvalue weighted by Gasteiger charge is -2.28. The summed E-state index contributed by atoms with van der Waals surface area (Å²) >= 11 is 0. The number of ether oxygens (including phenoxy) is 3. The van der Waals surface area contributed by atoms with Crippen LogP contribution < -0.4 is 5.32 Å². The van der Waals surface area contributed by atoms with Gasteiger partial charge in [0, 0.05) is 38.0 Å². The van der Waals surface area contributed by atoms with Gasteiger partial charge in [-0.1, -0.05) is 6.58 Å². The maximum atomic E-state index is 11.6. The Hall–Kier alpha value is -1.46. The Bertz CT molecular complexity index is 444. The molecule has 0 aromatic heterocycles. The van der Waals surface area contributed by atoms with Crippen molar-refractivity contribution in [1.82, 2.24) is 5.32 Å². The third-order valence-corrected chi connectivity index (χ3v) is 6.43. The van der Waals surface area contributed by atoms with E-state index in [9.17, 15) is 9.59 Å². The molecular weight excluding hydrogens is 386 g/mol. The van der Waals surface area contributed by atoms with Crippen LogP contribution in [-0.4, -0.2) is 73.7 Å². The van der Waals surface area contributed by atoms with Crippen molar-refractivity contribution in [2.75, 3.05) is 52.8 Å². The van der Waals surface area contributed by atoms with E-state index in [-0.39, 0.29) is 26.4 Å². The molecule has 0 fully saturated rings. The molecule has 0 saturated heterocycles. The Kier molecular flexibility index (Phi) is 15.6. The fraction of sp³-hybridized carbons (Fsp3) is 0.778. The Morgan fingerprint density at radius 3 is 2.04 bits per heavy atom. The van der Waals surface area contributed by atoms with Gasteiger partial charge in [0.05, 0.1) is 19.8 Å². The summed E-state index contributed by atoms with van der Waals surface area (Å²) in [6.45, 7) is 13.5. The van der Waals surface area contributed by atoms with Crippen LogP contribution in [0, 0.1) is 0 Å². The molecule has 0 spiro atoms. The van der Waals surface area contributed by atoms with Gasteiger partial charge in [-0.05, 0) is 34.1 Å². The van der Waals surface area contributed by atoms with Crippen LogP contribution in [0.25, 0.3) is 0 Å². The van der Waals surface area contributed by atoms with Gasteiger partial charge in [-0.3, -0.25) is 0 Å². The number of hydrogen-bond donors (Lipinski definition) is 1. The summed E-state index contributed by atoms with van der Waals surface area (Å²) in [5.74, 6) is -0.449. The van der Waals surface area contributed by atoms with E-state index in [1.165, 1.54) is 0 Å². The summed E-state index contributed by atoms with van der Waals surface area (Å²) < 4.78 is 32.5. The molecule has 0 saturated carbocycles. The zero-order chi connectivity index (χ0) is 21.3. The molecule has 0 aliphatic rings. The lowest BCUT2D eigenvalue weighted by molar-refractivity contribution is -0.140. The predicted octanol–water partition coefficient (Wildman–Crippen LogP) is 2.29. The van der Waals surface area contributed by atoms with E-state index in [4.69, 9.17) is 27.5 Å². The van der Waals surface area contributed by atoms with E-state index < -0.39 is 20.9 Å². The average Bonchev–Trinajstić information content (AvgIpc) is 2.65. The van der Waals surface area contributed by atoms with Crippen molar-refractivity contribution >= 4 is 20.9 Å². The fourth-order valence-corrected chi connectivity index (χ4v) is 4.73. The molecule has 0 heterocycles. The molecule has 0 aliphatic heterocycles. The molecule has 9 nitrogen and oxygen atoms in total. The summed E-state index contributed by atoms with van der Waals surface area (Å²) in [7, 11) is -2.70. The van der Waals surface area contributed by atoms with Gasteiger partial charge in [0.15, 0.2) is 0 Å². The van der Waals surface area contributed by atoms with Crippen LogP contribution in [0.15, 0.2) is 12.2 Å². The number of amides is 1. The van der Waals surface area contributed by atoms with Crippen LogP contribution in [0.3, 0.4) is 0 Å². The van der Waals surface area contributed by atoms with E-state index in [1.807, 2.05) is 20.8 Å². The molecule has 0 aliphatic carbocycles. The Labute approximate surface area is 169 Å². The number of rotatable bonds is 17. The quantitative estimate of drug-likeness (QED) is 0.165. The normalized spacial score (nSPS) is 11.1. The summed E-state index contributed by atoms with van der Waals surface area (Å²) in [6, 6.07) is 0.585. The van der Waals surface area contributed by atoms with Gasteiger partial charge in [0.25, 0.3) is 0 Å². The topological polar surface area (TPSA) is 102 Å². The first-order valence-electron chi connectivity index (χ1n) is 9.63. The lowest BCUT2D eigenvalue weighted by Crippen LogP contribution is -2.46. The van der Waals surface area contributed by atoms with E-state index in [0.717, 1.165) is 0 Å². The number of carbonyl (C=O) groups excluding carboxylic acids is 2. The number of nitrogens with one attached hydrogen (secondary N) is 1. The molecule has 0 radical (unpaired) electrons. The Balaban J connectivity index is 3.83. The minimum Gasteiger partial charge on any atom is -0.460 e. The molecule has 28 heavy (non-hydrogen) atoms. The van der Waals surface area contributed by atoms with Gasteiger partial charge in [0.2, 0.25) is 0 Å². The SMILES string of the molecule is C=C(C)C(=O)OCCOCCNC(=O)OCCC[Si](OCC)(OCC)OCC. The van der Waals surface area contributed by atoms with Crippen molar-refractivity contribution < 1.29 is 37.1 Å². The molecule has 0 atom stereocenters. The van der Waals surface area contributed by atoms with Crippen molar-refractivity contribution in [3.63, 3.8) is 0 Å². The number of alkyl carbamates (subject to hydrolysis) is 1. The van der Waals surface area contributed by atoms with Crippen LogP contribution >= 0.6 is 0 Å². The molecule has 1 N–H and O–H groups in total. The Morgan fingerprint density at radius 1 is 0.893 bits per heavy atom. The molecule has 0 rings (SSSR count). The minimum atomic E-state index is -2.70. The second kappa shape index (κ2) is 16.5. The van der Waals surface area contributed by atoms with Crippen molar-refractivity contribution in [3.05, 3.63) is 12.2 Å². The second-order valence-corrected chi connectivity index (χ2v) is 8.41. The van der Waals surface area contributed by atoms with Crippen molar-refractivity contribution in [1.29, 1.82) is 0 Å². The molecule has 0 aromatic rings. The zero-order valence-corrected chi connectivity index (χ0v) is 18.5. The maximum Gasteiger partial charge on any atom is 0.501 e. The molecule has 0 aromatic carbocycles. The Morgan fingerprint density at radius 2 is 1.50 bits per heavy atom. The van der Waals surface area contributed by atoms with E-state index in [2.05, 4.69) is 11.9 Å². The lowest BCUT2D eigenvalue weighted by atomic mass is 10.4. The third kappa shape index (κ3) is 12.8. The summed E-state index contributed by atoms with van der Waals surface area (Å²) in [6.07, 6.45) is 0.0679. The van der Waals surface area contributed by atoms with Crippen LogP contribution in [0.1, 0.15) is 34.1 Å². The highest BCUT2D eigenvalue weighted by Crippen LogP contribution is 2.18. The number of carbonyl (C=O) groups is 2.